The van der Waals surface area contributed by atoms with Crippen molar-refractivity contribution in [2.75, 3.05) is 7.05 Å². The Morgan fingerprint density at radius 3 is 2.71 bits per heavy atom. The summed E-state index contributed by atoms with van der Waals surface area (Å²) >= 11 is 0. The highest BCUT2D eigenvalue weighted by molar-refractivity contribution is 7.89. The molecule has 0 saturated carbocycles. The number of nitrogens with zero attached hydrogens (tertiary/aromatic N) is 2. The van der Waals surface area contributed by atoms with Gasteiger partial charge in [0.25, 0.3) is 10.0 Å². The number of rotatable bonds is 2. The van der Waals surface area contributed by atoms with Gasteiger partial charge in [0, 0.05) is 24.7 Å². The molecule has 0 spiro atoms. The van der Waals surface area contributed by atoms with Crippen LogP contribution in [0.1, 0.15) is 5.56 Å². The van der Waals surface area contributed by atoms with Gasteiger partial charge < -0.3 is 9.67 Å². The van der Waals surface area contributed by atoms with Crippen LogP contribution in [0.25, 0.3) is 10.9 Å². The molecule has 2 rings (SSSR count). The summed E-state index contributed by atoms with van der Waals surface area (Å²) in [6, 6.07) is 1.46. The molecule has 17 heavy (non-hydrogen) atoms. The predicted molar refractivity (Wildman–Crippen MR) is 63.4 cm³/mol. The highest BCUT2D eigenvalue weighted by Crippen LogP contribution is 2.28. The number of aromatic nitrogens is 2. The first-order valence-corrected chi connectivity index (χ1v) is 6.44. The van der Waals surface area contributed by atoms with Crippen LogP contribution in [0.4, 0.5) is 0 Å². The van der Waals surface area contributed by atoms with Gasteiger partial charge in [-0.1, -0.05) is 0 Å². The van der Waals surface area contributed by atoms with E-state index in [2.05, 4.69) is 9.71 Å². The summed E-state index contributed by atoms with van der Waals surface area (Å²) in [5.74, 6) is -0.305. The molecule has 0 aliphatic rings. The van der Waals surface area contributed by atoms with Gasteiger partial charge in [0.1, 0.15) is 0 Å². The molecule has 0 unspecified atom stereocenters. The third-order valence-electron chi connectivity index (χ3n) is 2.64. The molecule has 7 heteroatoms. The Morgan fingerprint density at radius 1 is 1.47 bits per heavy atom. The molecule has 6 nitrogen and oxygen atoms in total. The first kappa shape index (κ1) is 11.9. The summed E-state index contributed by atoms with van der Waals surface area (Å²) in [5, 5.41) is 10.0. The highest BCUT2D eigenvalue weighted by Gasteiger charge is 2.21. The summed E-state index contributed by atoms with van der Waals surface area (Å²) in [7, 11) is -0.651. The molecule has 0 aromatic carbocycles. The van der Waals surface area contributed by atoms with Crippen LogP contribution in [0, 0.1) is 6.92 Å². The summed E-state index contributed by atoms with van der Waals surface area (Å²) in [6.45, 7) is 1.84. The molecule has 0 aliphatic heterocycles. The Labute approximate surface area is 99.0 Å². The van der Waals surface area contributed by atoms with Crippen molar-refractivity contribution in [1.82, 2.24) is 14.3 Å². The number of nitrogens with one attached hydrogen (secondary N) is 1. The fraction of sp³-hybridized carbons (Fsp3) is 0.300. The zero-order chi connectivity index (χ0) is 12.8. The van der Waals surface area contributed by atoms with Crippen LogP contribution in [-0.2, 0) is 17.1 Å². The second-order valence-electron chi connectivity index (χ2n) is 3.81. The number of sulfonamides is 1. The lowest BCUT2D eigenvalue weighted by molar-refractivity contribution is 0.448. The predicted octanol–water partition coefficient (Wildman–Crippen LogP) is 0.495. The lowest BCUT2D eigenvalue weighted by Crippen LogP contribution is -2.20. The van der Waals surface area contributed by atoms with Crippen LogP contribution in [-0.4, -0.2) is 30.1 Å². The molecular formula is C10H13N3O3S. The number of hydrogen-bond donors (Lipinski definition) is 2. The number of aryl methyl sites for hydroxylation is 2. The van der Waals surface area contributed by atoms with Crippen molar-refractivity contribution < 1.29 is 13.5 Å². The molecule has 0 fully saturated rings. The van der Waals surface area contributed by atoms with E-state index >= 15 is 0 Å². The van der Waals surface area contributed by atoms with Gasteiger partial charge in [0.2, 0.25) is 5.88 Å². The minimum Gasteiger partial charge on any atom is -0.493 e. The number of hydrogen-bond acceptors (Lipinski definition) is 4. The Kier molecular flexibility index (Phi) is 2.59. The molecule has 92 valence electrons. The van der Waals surface area contributed by atoms with Gasteiger partial charge in [0.05, 0.1) is 5.52 Å². The first-order valence-electron chi connectivity index (χ1n) is 4.96. The van der Waals surface area contributed by atoms with Crippen molar-refractivity contribution >= 4 is 20.9 Å². The van der Waals surface area contributed by atoms with E-state index in [1.807, 2.05) is 6.92 Å². The van der Waals surface area contributed by atoms with Crippen molar-refractivity contribution in [2.45, 2.75) is 11.9 Å². The molecule has 2 heterocycles. The molecule has 0 aliphatic carbocycles. The van der Waals surface area contributed by atoms with E-state index in [1.54, 1.807) is 17.8 Å². The molecule has 2 N–H and O–H groups in total. The molecule has 0 amide bonds. The zero-order valence-corrected chi connectivity index (χ0v) is 10.5. The van der Waals surface area contributed by atoms with Crippen molar-refractivity contribution in [1.29, 1.82) is 0 Å². The van der Waals surface area contributed by atoms with E-state index < -0.39 is 10.0 Å². The summed E-state index contributed by atoms with van der Waals surface area (Å²) < 4.78 is 27.5. The largest absolute Gasteiger partial charge is 0.493 e. The van der Waals surface area contributed by atoms with Crippen LogP contribution in [0.15, 0.2) is 17.3 Å². The SMILES string of the molecule is CNS(=O)(=O)c1nc(O)cc2c(C)cn(C)c12. The van der Waals surface area contributed by atoms with E-state index in [0.29, 0.717) is 10.9 Å². The van der Waals surface area contributed by atoms with Gasteiger partial charge in [-0.25, -0.2) is 13.1 Å². The quantitative estimate of drug-likeness (QED) is 0.818. The molecule has 2 aromatic rings. The van der Waals surface area contributed by atoms with Gasteiger partial charge in [-0.3, -0.25) is 0 Å². The van der Waals surface area contributed by atoms with Gasteiger partial charge in [0.15, 0.2) is 5.03 Å². The highest BCUT2D eigenvalue weighted by atomic mass is 32.2. The van der Waals surface area contributed by atoms with Gasteiger partial charge in [-0.2, -0.15) is 4.98 Å². The minimum atomic E-state index is -3.70. The topological polar surface area (TPSA) is 84.2 Å². The van der Waals surface area contributed by atoms with Gasteiger partial charge in [-0.15, -0.1) is 0 Å². The maximum Gasteiger partial charge on any atom is 0.260 e. The van der Waals surface area contributed by atoms with Crippen molar-refractivity contribution in [2.24, 2.45) is 7.05 Å². The summed E-state index contributed by atoms with van der Waals surface area (Å²) in [4.78, 5) is 3.70. The van der Waals surface area contributed by atoms with E-state index in [0.717, 1.165) is 5.56 Å². The lowest BCUT2D eigenvalue weighted by atomic mass is 10.2. The molecule has 0 atom stereocenters. The molecular weight excluding hydrogens is 242 g/mol. The third-order valence-corrected chi connectivity index (χ3v) is 3.97. The van der Waals surface area contributed by atoms with Crippen molar-refractivity contribution in [3.63, 3.8) is 0 Å². The second-order valence-corrected chi connectivity index (χ2v) is 5.61. The van der Waals surface area contributed by atoms with E-state index in [1.165, 1.54) is 13.1 Å². The maximum absolute atomic E-state index is 11.8. The molecule has 0 bridgehead atoms. The third kappa shape index (κ3) is 1.77. The number of aromatic hydroxyl groups is 1. The van der Waals surface area contributed by atoms with Crippen LogP contribution in [0.3, 0.4) is 0 Å². The smallest absolute Gasteiger partial charge is 0.260 e. The van der Waals surface area contributed by atoms with Crippen molar-refractivity contribution in [3.05, 3.63) is 17.8 Å². The van der Waals surface area contributed by atoms with Crippen molar-refractivity contribution in [3.8, 4) is 5.88 Å². The normalized spacial score (nSPS) is 12.2. The fourth-order valence-corrected chi connectivity index (χ4v) is 2.77. The number of fused-ring (bicyclic) bond motifs is 1. The van der Waals surface area contributed by atoms with Gasteiger partial charge >= 0.3 is 0 Å². The molecule has 0 radical (unpaired) electrons. The summed E-state index contributed by atoms with van der Waals surface area (Å²) in [5.41, 5.74) is 1.36. The minimum absolute atomic E-state index is 0.161. The Morgan fingerprint density at radius 2 is 2.12 bits per heavy atom. The Bertz CT molecular complexity index is 688. The van der Waals surface area contributed by atoms with Gasteiger partial charge in [-0.05, 0) is 19.5 Å². The van der Waals surface area contributed by atoms with E-state index in [9.17, 15) is 13.5 Å². The van der Waals surface area contributed by atoms with Crippen LogP contribution < -0.4 is 4.72 Å². The monoisotopic (exact) mass is 255 g/mol. The Balaban J connectivity index is 2.98. The van der Waals surface area contributed by atoms with Crippen LogP contribution in [0.2, 0.25) is 0 Å². The lowest BCUT2D eigenvalue weighted by Gasteiger charge is -2.06. The molecule has 2 aromatic heterocycles. The molecule has 0 saturated heterocycles. The fourth-order valence-electron chi connectivity index (χ4n) is 1.85. The number of pyridine rings is 1. The second kappa shape index (κ2) is 3.71. The van der Waals surface area contributed by atoms with Crippen LogP contribution in [0.5, 0.6) is 5.88 Å². The standard InChI is InChI=1S/C10H13N3O3S/c1-6-5-13(3)9-7(6)4-8(14)12-10(9)17(15,16)11-2/h4-5,11H,1-3H3,(H,12,14). The van der Waals surface area contributed by atoms with E-state index in [-0.39, 0.29) is 10.9 Å². The summed E-state index contributed by atoms with van der Waals surface area (Å²) in [6.07, 6.45) is 1.79. The average Bonchev–Trinajstić information content (AvgIpc) is 2.53. The first-order chi connectivity index (χ1) is 7.86. The Hall–Kier alpha value is -1.60. The van der Waals surface area contributed by atoms with E-state index in [4.69, 9.17) is 0 Å². The average molecular weight is 255 g/mol. The zero-order valence-electron chi connectivity index (χ0n) is 9.72. The van der Waals surface area contributed by atoms with Crippen LogP contribution >= 0.6 is 0 Å². The maximum atomic E-state index is 11.8.